The Morgan fingerprint density at radius 2 is 1.88 bits per heavy atom. The summed E-state index contributed by atoms with van der Waals surface area (Å²) in [5.74, 6) is -0.0138. The minimum atomic E-state index is -0.499. The molecule has 0 radical (unpaired) electrons. The first kappa shape index (κ1) is 26.2. The molecule has 206 valence electrons. The Balaban J connectivity index is 1.35. The normalized spacial score (nSPS) is 13.9. The number of hydrogen-bond acceptors (Lipinski definition) is 6. The van der Waals surface area contributed by atoms with Gasteiger partial charge in [0.15, 0.2) is 11.6 Å². The molecule has 0 amide bonds. The van der Waals surface area contributed by atoms with E-state index in [2.05, 4.69) is 48.5 Å². The summed E-state index contributed by atoms with van der Waals surface area (Å²) in [5.41, 5.74) is 6.62. The number of aryl methyl sites for hydroxylation is 1. The van der Waals surface area contributed by atoms with Crippen LogP contribution in [-0.4, -0.2) is 48.1 Å². The second-order valence-electron chi connectivity index (χ2n) is 10.1. The SMILES string of the molecule is C=C/C=C(\c1nc(-c2n[nH]c3cnc(-c4cncc(NC(=C)c5ccccc5)c4)c(F)c23)[nH]c1C)N1CCCCC1. The van der Waals surface area contributed by atoms with Crippen LogP contribution in [0.5, 0.6) is 0 Å². The lowest BCUT2D eigenvalue weighted by Gasteiger charge is -2.30. The Morgan fingerprint density at radius 3 is 2.66 bits per heavy atom. The molecule has 1 saturated heterocycles. The van der Waals surface area contributed by atoms with E-state index in [1.165, 1.54) is 6.42 Å². The van der Waals surface area contributed by atoms with Gasteiger partial charge in [-0.1, -0.05) is 49.6 Å². The molecule has 9 heteroatoms. The molecule has 1 fully saturated rings. The van der Waals surface area contributed by atoms with Gasteiger partial charge in [-0.05, 0) is 43.9 Å². The van der Waals surface area contributed by atoms with Crippen molar-refractivity contribution in [3.8, 4) is 22.8 Å². The maximum absolute atomic E-state index is 16.2. The van der Waals surface area contributed by atoms with Crippen molar-refractivity contribution in [3.63, 3.8) is 0 Å². The van der Waals surface area contributed by atoms with Crippen molar-refractivity contribution in [2.75, 3.05) is 18.4 Å². The van der Waals surface area contributed by atoms with Gasteiger partial charge in [0, 0.05) is 36.2 Å². The number of rotatable bonds is 8. The van der Waals surface area contributed by atoms with Crippen LogP contribution >= 0.6 is 0 Å². The topological polar surface area (TPSA) is 98.4 Å². The first-order valence-corrected chi connectivity index (χ1v) is 13.7. The molecule has 0 atom stereocenters. The van der Waals surface area contributed by atoms with Crippen LogP contribution in [0.3, 0.4) is 0 Å². The van der Waals surface area contributed by atoms with Gasteiger partial charge in [0.1, 0.15) is 17.1 Å². The second-order valence-corrected chi connectivity index (χ2v) is 10.1. The molecule has 5 aromatic rings. The lowest BCUT2D eigenvalue weighted by Crippen LogP contribution is -2.28. The van der Waals surface area contributed by atoms with Crippen LogP contribution < -0.4 is 5.32 Å². The highest BCUT2D eigenvalue weighted by Crippen LogP contribution is 2.34. The first-order chi connectivity index (χ1) is 20.0. The number of pyridine rings is 2. The zero-order valence-corrected chi connectivity index (χ0v) is 22.9. The van der Waals surface area contributed by atoms with Gasteiger partial charge in [0.05, 0.1) is 34.7 Å². The monoisotopic (exact) mass is 546 g/mol. The Labute approximate surface area is 237 Å². The lowest BCUT2D eigenvalue weighted by molar-refractivity contribution is 0.325. The highest BCUT2D eigenvalue weighted by Gasteiger charge is 2.24. The molecule has 1 aromatic carbocycles. The molecule has 5 heterocycles. The van der Waals surface area contributed by atoms with E-state index in [1.54, 1.807) is 30.7 Å². The first-order valence-electron chi connectivity index (χ1n) is 13.7. The zero-order chi connectivity index (χ0) is 28.3. The number of nitrogens with zero attached hydrogens (tertiary/aromatic N) is 5. The van der Waals surface area contributed by atoms with E-state index in [0.29, 0.717) is 39.4 Å². The van der Waals surface area contributed by atoms with E-state index >= 15 is 4.39 Å². The molecule has 0 unspecified atom stereocenters. The second kappa shape index (κ2) is 11.2. The van der Waals surface area contributed by atoms with Crippen molar-refractivity contribution >= 4 is 28.0 Å². The van der Waals surface area contributed by atoms with E-state index in [4.69, 9.17) is 4.98 Å². The number of piperidine rings is 1. The number of nitrogens with one attached hydrogen (secondary N) is 3. The van der Waals surface area contributed by atoms with E-state index < -0.39 is 5.82 Å². The Morgan fingerprint density at radius 1 is 1.07 bits per heavy atom. The summed E-state index contributed by atoms with van der Waals surface area (Å²) in [4.78, 5) is 19.3. The maximum Gasteiger partial charge on any atom is 0.161 e. The molecule has 0 saturated carbocycles. The van der Waals surface area contributed by atoms with Crippen LogP contribution in [-0.2, 0) is 0 Å². The van der Waals surface area contributed by atoms with Gasteiger partial charge >= 0.3 is 0 Å². The smallest absolute Gasteiger partial charge is 0.161 e. The summed E-state index contributed by atoms with van der Waals surface area (Å²) in [6, 6.07) is 11.6. The highest BCUT2D eigenvalue weighted by molar-refractivity contribution is 5.94. The van der Waals surface area contributed by atoms with Gasteiger partial charge in [-0.3, -0.25) is 15.1 Å². The Kier molecular flexibility index (Phi) is 7.16. The standard InChI is InChI=1S/C32H31FN8/c1-4-11-26(41-14-9-6-10-15-41)29-21(3)37-32(38-29)31-27-25(39-40-31)19-35-30(28(27)33)23-16-24(18-34-17-23)36-20(2)22-12-7-5-8-13-22/h4-5,7-8,11-13,16-19,36H,1-2,6,9-10,14-15H2,3H3,(H,37,38)(H,39,40)/b26-11+. The zero-order valence-electron chi connectivity index (χ0n) is 22.9. The number of anilines is 1. The number of allylic oxidation sites excluding steroid dienone is 2. The van der Waals surface area contributed by atoms with Crippen molar-refractivity contribution in [2.24, 2.45) is 0 Å². The van der Waals surface area contributed by atoms with E-state index in [1.807, 2.05) is 43.3 Å². The maximum atomic E-state index is 16.2. The third-order valence-corrected chi connectivity index (χ3v) is 7.30. The van der Waals surface area contributed by atoms with Crippen LogP contribution in [0.15, 0.2) is 80.3 Å². The molecule has 3 N–H and O–H groups in total. The number of H-pyrrole nitrogens is 2. The number of likely N-dealkylation sites (tertiary alicyclic amines) is 1. The fraction of sp³-hybridized carbons (Fsp3) is 0.188. The molecular weight excluding hydrogens is 515 g/mol. The molecule has 0 aliphatic carbocycles. The van der Waals surface area contributed by atoms with E-state index in [-0.39, 0.29) is 5.69 Å². The van der Waals surface area contributed by atoms with Gasteiger partial charge in [-0.2, -0.15) is 5.10 Å². The van der Waals surface area contributed by atoms with E-state index in [9.17, 15) is 0 Å². The summed E-state index contributed by atoms with van der Waals surface area (Å²) in [6.07, 6.45) is 12.1. The molecule has 0 spiro atoms. The molecule has 1 aliphatic rings. The number of aromatic amines is 2. The number of fused-ring (bicyclic) bond motifs is 1. The predicted molar refractivity (Wildman–Crippen MR) is 162 cm³/mol. The third-order valence-electron chi connectivity index (χ3n) is 7.30. The van der Waals surface area contributed by atoms with Crippen molar-refractivity contribution in [1.82, 2.24) is 35.0 Å². The van der Waals surface area contributed by atoms with Gasteiger partial charge in [-0.25, -0.2) is 9.37 Å². The molecule has 6 rings (SSSR count). The van der Waals surface area contributed by atoms with Crippen LogP contribution in [0.4, 0.5) is 10.1 Å². The molecule has 4 aromatic heterocycles. The average molecular weight is 547 g/mol. The van der Waals surface area contributed by atoms with Crippen LogP contribution in [0, 0.1) is 12.7 Å². The lowest BCUT2D eigenvalue weighted by atomic mass is 10.1. The van der Waals surface area contributed by atoms with Crippen LogP contribution in [0.25, 0.3) is 45.1 Å². The fourth-order valence-electron chi connectivity index (χ4n) is 5.27. The van der Waals surface area contributed by atoms with Crippen molar-refractivity contribution < 1.29 is 4.39 Å². The number of halogens is 1. The summed E-state index contributed by atoms with van der Waals surface area (Å²) in [7, 11) is 0. The van der Waals surface area contributed by atoms with Gasteiger partial charge in [0.2, 0.25) is 0 Å². The van der Waals surface area contributed by atoms with Crippen molar-refractivity contribution in [3.05, 3.63) is 103 Å². The number of benzene rings is 1. The number of aromatic nitrogens is 6. The molecule has 8 nitrogen and oxygen atoms in total. The quantitative estimate of drug-likeness (QED) is 0.182. The average Bonchev–Trinajstić information content (AvgIpc) is 3.61. The Bertz CT molecular complexity index is 1760. The largest absolute Gasteiger partial charge is 0.370 e. The van der Waals surface area contributed by atoms with Crippen molar-refractivity contribution in [1.29, 1.82) is 0 Å². The molecule has 0 bridgehead atoms. The summed E-state index contributed by atoms with van der Waals surface area (Å²) >= 11 is 0. The van der Waals surface area contributed by atoms with Crippen LogP contribution in [0.1, 0.15) is 36.2 Å². The predicted octanol–water partition coefficient (Wildman–Crippen LogP) is 6.95. The van der Waals surface area contributed by atoms with Gasteiger partial charge in [0.25, 0.3) is 0 Å². The van der Waals surface area contributed by atoms with Gasteiger partial charge < -0.3 is 15.2 Å². The minimum Gasteiger partial charge on any atom is -0.370 e. The molecular formula is C32H31FN8. The minimum absolute atomic E-state index is 0.172. The van der Waals surface area contributed by atoms with Crippen LogP contribution in [0.2, 0.25) is 0 Å². The number of hydrogen-bond donors (Lipinski definition) is 3. The van der Waals surface area contributed by atoms with Crippen molar-refractivity contribution in [2.45, 2.75) is 26.2 Å². The van der Waals surface area contributed by atoms with Gasteiger partial charge in [-0.15, -0.1) is 0 Å². The summed E-state index contributed by atoms with van der Waals surface area (Å²) < 4.78 is 16.2. The highest BCUT2D eigenvalue weighted by atomic mass is 19.1. The van der Waals surface area contributed by atoms with E-state index in [0.717, 1.165) is 48.6 Å². The summed E-state index contributed by atoms with van der Waals surface area (Å²) in [6.45, 7) is 11.9. The molecule has 41 heavy (non-hydrogen) atoms. The molecule has 1 aliphatic heterocycles. The number of imidazole rings is 1. The summed E-state index contributed by atoms with van der Waals surface area (Å²) in [5, 5.41) is 10.9. The fourth-order valence-corrected chi connectivity index (χ4v) is 5.27. The Hall–Kier alpha value is -5.05. The third kappa shape index (κ3) is 5.14.